The lowest BCUT2D eigenvalue weighted by Crippen LogP contribution is -2.33. The summed E-state index contributed by atoms with van der Waals surface area (Å²) in [4.78, 5) is 23.1. The number of carboxylic acid groups (broad SMARTS) is 1. The van der Waals surface area contributed by atoms with Crippen molar-refractivity contribution in [2.75, 3.05) is 6.26 Å². The number of benzene rings is 1. The van der Waals surface area contributed by atoms with Crippen molar-refractivity contribution in [3.8, 4) is 0 Å². The molecule has 1 fully saturated rings. The van der Waals surface area contributed by atoms with Crippen LogP contribution in [-0.2, 0) is 14.6 Å². The van der Waals surface area contributed by atoms with E-state index in [9.17, 15) is 18.0 Å². The van der Waals surface area contributed by atoms with Gasteiger partial charge in [0.1, 0.15) is 0 Å². The van der Waals surface area contributed by atoms with Crippen LogP contribution in [0.2, 0.25) is 0 Å². The highest BCUT2D eigenvalue weighted by molar-refractivity contribution is 7.90. The van der Waals surface area contributed by atoms with Crippen molar-refractivity contribution in [1.29, 1.82) is 0 Å². The number of carbonyl (C=O) groups is 2. The quantitative estimate of drug-likeness (QED) is 0.866. The van der Waals surface area contributed by atoms with Gasteiger partial charge in [0.2, 0.25) is 0 Å². The van der Waals surface area contributed by atoms with Crippen LogP contribution in [0.4, 0.5) is 0 Å². The van der Waals surface area contributed by atoms with Crippen LogP contribution < -0.4 is 5.32 Å². The summed E-state index contributed by atoms with van der Waals surface area (Å²) < 4.78 is 22.9. The molecule has 0 aliphatic heterocycles. The fourth-order valence-corrected chi connectivity index (χ4v) is 3.14. The Morgan fingerprint density at radius 2 is 2.00 bits per heavy atom. The molecule has 1 saturated carbocycles. The average Bonchev–Trinajstić information content (AvgIpc) is 2.86. The maximum absolute atomic E-state index is 12.1. The molecule has 1 aromatic rings. The van der Waals surface area contributed by atoms with Gasteiger partial charge in [-0.1, -0.05) is 6.07 Å². The molecule has 2 unspecified atom stereocenters. The zero-order valence-electron chi connectivity index (χ0n) is 11.6. The van der Waals surface area contributed by atoms with E-state index in [1.54, 1.807) is 0 Å². The number of nitrogens with one attached hydrogen (secondary N) is 1. The summed E-state index contributed by atoms with van der Waals surface area (Å²) in [5, 5.41) is 11.7. The predicted molar refractivity (Wildman–Crippen MR) is 75.8 cm³/mol. The van der Waals surface area contributed by atoms with E-state index in [0.717, 1.165) is 6.26 Å². The van der Waals surface area contributed by atoms with Gasteiger partial charge in [-0.15, -0.1) is 0 Å². The highest BCUT2D eigenvalue weighted by Gasteiger charge is 2.30. The normalized spacial score (nSPS) is 22.0. The lowest BCUT2D eigenvalue weighted by Gasteiger charge is -2.12. The fourth-order valence-electron chi connectivity index (χ4n) is 2.47. The van der Waals surface area contributed by atoms with Crippen molar-refractivity contribution in [1.82, 2.24) is 5.32 Å². The molecule has 6 nitrogen and oxygen atoms in total. The van der Waals surface area contributed by atoms with Crippen LogP contribution in [0.5, 0.6) is 0 Å². The number of sulfone groups is 1. The zero-order valence-corrected chi connectivity index (χ0v) is 12.4. The SMILES string of the molecule is CS(=O)(=O)c1cccc(C(=O)NC2CCC(C(=O)O)C2)c1. The van der Waals surface area contributed by atoms with Crippen LogP contribution >= 0.6 is 0 Å². The number of hydrogen-bond donors (Lipinski definition) is 2. The Labute approximate surface area is 123 Å². The van der Waals surface area contributed by atoms with Gasteiger partial charge in [0.15, 0.2) is 9.84 Å². The molecule has 0 aromatic heterocycles. The van der Waals surface area contributed by atoms with Crippen molar-refractivity contribution < 1.29 is 23.1 Å². The molecule has 0 radical (unpaired) electrons. The third-order valence-electron chi connectivity index (χ3n) is 3.64. The minimum absolute atomic E-state index is 0.0879. The van der Waals surface area contributed by atoms with E-state index in [4.69, 9.17) is 5.11 Å². The minimum atomic E-state index is -3.36. The standard InChI is InChI=1S/C14H17NO5S/c1-21(19,20)12-4-2-3-9(8-12)13(16)15-11-6-5-10(7-11)14(17)18/h2-4,8,10-11H,5-7H2,1H3,(H,15,16)(H,17,18). The molecule has 1 aromatic carbocycles. The van der Waals surface area contributed by atoms with E-state index < -0.39 is 21.7 Å². The maximum Gasteiger partial charge on any atom is 0.306 e. The third kappa shape index (κ3) is 3.81. The minimum Gasteiger partial charge on any atom is -0.481 e. The maximum atomic E-state index is 12.1. The van der Waals surface area contributed by atoms with Crippen molar-refractivity contribution in [2.45, 2.75) is 30.2 Å². The smallest absolute Gasteiger partial charge is 0.306 e. The van der Waals surface area contributed by atoms with Gasteiger partial charge in [-0.2, -0.15) is 0 Å². The molecule has 0 heterocycles. The van der Waals surface area contributed by atoms with E-state index in [2.05, 4.69) is 5.32 Å². The van der Waals surface area contributed by atoms with Crippen molar-refractivity contribution >= 4 is 21.7 Å². The first-order chi connectivity index (χ1) is 9.77. The number of amides is 1. The summed E-state index contributed by atoms with van der Waals surface area (Å²) in [5.74, 6) is -1.64. The number of carbonyl (C=O) groups excluding carboxylic acids is 1. The van der Waals surface area contributed by atoms with Crippen LogP contribution in [0.1, 0.15) is 29.6 Å². The summed E-state index contributed by atoms with van der Waals surface area (Å²) >= 11 is 0. The second-order valence-electron chi connectivity index (χ2n) is 5.32. The van der Waals surface area contributed by atoms with Gasteiger partial charge in [0.05, 0.1) is 10.8 Å². The Bertz CT molecular complexity index is 668. The van der Waals surface area contributed by atoms with Crippen LogP contribution in [0.3, 0.4) is 0 Å². The van der Waals surface area contributed by atoms with Crippen LogP contribution in [0.25, 0.3) is 0 Å². The van der Waals surface area contributed by atoms with Crippen molar-refractivity contribution in [2.24, 2.45) is 5.92 Å². The van der Waals surface area contributed by atoms with Crippen molar-refractivity contribution in [3.63, 3.8) is 0 Å². The number of rotatable bonds is 4. The molecule has 0 bridgehead atoms. The van der Waals surface area contributed by atoms with Gasteiger partial charge in [0, 0.05) is 17.9 Å². The Balaban J connectivity index is 2.06. The first-order valence-electron chi connectivity index (χ1n) is 6.61. The molecule has 1 aliphatic carbocycles. The molecule has 0 saturated heterocycles. The predicted octanol–water partition coefficient (Wildman–Crippen LogP) is 1.07. The molecule has 114 valence electrons. The summed E-state index contributed by atoms with van der Waals surface area (Å²) in [7, 11) is -3.36. The lowest BCUT2D eigenvalue weighted by molar-refractivity contribution is -0.141. The lowest BCUT2D eigenvalue weighted by atomic mass is 10.1. The second-order valence-corrected chi connectivity index (χ2v) is 7.33. The van der Waals surface area contributed by atoms with E-state index >= 15 is 0 Å². The second kappa shape index (κ2) is 5.85. The van der Waals surface area contributed by atoms with E-state index in [0.29, 0.717) is 19.3 Å². The fraction of sp³-hybridized carbons (Fsp3) is 0.429. The number of carboxylic acids is 1. The first kappa shape index (κ1) is 15.5. The summed E-state index contributed by atoms with van der Waals surface area (Å²) in [5.41, 5.74) is 0.261. The Morgan fingerprint density at radius 1 is 1.29 bits per heavy atom. The number of hydrogen-bond acceptors (Lipinski definition) is 4. The van der Waals surface area contributed by atoms with Gasteiger partial charge in [-0.05, 0) is 37.5 Å². The molecule has 2 atom stereocenters. The average molecular weight is 311 g/mol. The molecule has 0 spiro atoms. The first-order valence-corrected chi connectivity index (χ1v) is 8.50. The monoisotopic (exact) mass is 311 g/mol. The highest BCUT2D eigenvalue weighted by atomic mass is 32.2. The zero-order chi connectivity index (χ0) is 15.6. The van der Waals surface area contributed by atoms with Gasteiger partial charge in [-0.25, -0.2) is 8.42 Å². The molecule has 21 heavy (non-hydrogen) atoms. The van der Waals surface area contributed by atoms with Gasteiger partial charge < -0.3 is 10.4 Å². The largest absolute Gasteiger partial charge is 0.481 e. The van der Waals surface area contributed by atoms with E-state index in [-0.39, 0.29) is 22.4 Å². The van der Waals surface area contributed by atoms with Crippen LogP contribution in [-0.4, -0.2) is 37.7 Å². The summed E-state index contributed by atoms with van der Waals surface area (Å²) in [6.07, 6.45) is 2.66. The van der Waals surface area contributed by atoms with Gasteiger partial charge in [0.25, 0.3) is 5.91 Å². The molecule has 1 amide bonds. The Morgan fingerprint density at radius 3 is 2.57 bits per heavy atom. The topological polar surface area (TPSA) is 101 Å². The Kier molecular flexibility index (Phi) is 4.32. The molecular formula is C14H17NO5S. The molecule has 2 rings (SSSR count). The molecule has 7 heteroatoms. The highest BCUT2D eigenvalue weighted by Crippen LogP contribution is 2.26. The van der Waals surface area contributed by atoms with E-state index in [1.165, 1.54) is 24.3 Å². The van der Waals surface area contributed by atoms with E-state index in [1.807, 2.05) is 0 Å². The summed E-state index contributed by atoms with van der Waals surface area (Å²) in [6, 6.07) is 5.63. The van der Waals surface area contributed by atoms with Gasteiger partial charge in [-0.3, -0.25) is 9.59 Å². The number of aliphatic carboxylic acids is 1. The van der Waals surface area contributed by atoms with Crippen LogP contribution in [0.15, 0.2) is 29.2 Å². The molecular weight excluding hydrogens is 294 g/mol. The molecule has 1 aliphatic rings. The Hall–Kier alpha value is -1.89. The molecule has 2 N–H and O–H groups in total. The summed E-state index contributed by atoms with van der Waals surface area (Å²) in [6.45, 7) is 0. The van der Waals surface area contributed by atoms with Gasteiger partial charge >= 0.3 is 5.97 Å². The third-order valence-corrected chi connectivity index (χ3v) is 4.75. The van der Waals surface area contributed by atoms with Crippen LogP contribution in [0, 0.1) is 5.92 Å². The van der Waals surface area contributed by atoms with Crippen molar-refractivity contribution in [3.05, 3.63) is 29.8 Å².